The van der Waals surface area contributed by atoms with Gasteiger partial charge in [0.05, 0.1) is 11.8 Å². The lowest BCUT2D eigenvalue weighted by molar-refractivity contribution is -0.137. The summed E-state index contributed by atoms with van der Waals surface area (Å²) >= 11 is 0. The summed E-state index contributed by atoms with van der Waals surface area (Å²) < 4.78 is 40.3. The molecule has 0 aliphatic heterocycles. The Morgan fingerprint density at radius 2 is 2.17 bits per heavy atom. The molecule has 5 nitrogen and oxygen atoms in total. The lowest BCUT2D eigenvalue weighted by atomic mass is 10.1. The molecule has 1 aliphatic carbocycles. The number of rotatable bonds is 5. The minimum Gasteiger partial charge on any atom is -0.308 e. The van der Waals surface area contributed by atoms with Crippen LogP contribution in [0.3, 0.4) is 0 Å². The molecule has 0 radical (unpaired) electrons. The van der Waals surface area contributed by atoms with E-state index in [1.54, 1.807) is 6.20 Å². The van der Waals surface area contributed by atoms with E-state index in [1.807, 2.05) is 6.92 Å². The normalized spacial score (nSPS) is 16.0. The Bertz CT molecular complexity index is 710. The number of hydrogen-bond donors (Lipinski definition) is 0. The number of aromatic nitrogens is 3. The zero-order chi connectivity index (χ0) is 17.3. The highest BCUT2D eigenvalue weighted by Gasteiger charge is 2.36. The summed E-state index contributed by atoms with van der Waals surface area (Å²) in [7, 11) is 0. The van der Waals surface area contributed by atoms with Crippen molar-refractivity contribution in [3.63, 3.8) is 0 Å². The Morgan fingerprint density at radius 3 is 2.75 bits per heavy atom. The maximum atomic E-state index is 13.0. The largest absolute Gasteiger partial charge is 0.416 e. The number of carbonyl (C=O) groups is 1. The molecule has 0 unspecified atom stereocenters. The summed E-state index contributed by atoms with van der Waals surface area (Å²) in [6, 6.07) is 4.73. The van der Waals surface area contributed by atoms with E-state index in [-0.39, 0.29) is 24.2 Å². The van der Waals surface area contributed by atoms with Crippen molar-refractivity contribution >= 4 is 11.6 Å². The fourth-order valence-electron chi connectivity index (χ4n) is 2.76. The van der Waals surface area contributed by atoms with Crippen LogP contribution in [0.25, 0.3) is 0 Å². The first kappa shape index (κ1) is 16.5. The molecule has 1 aromatic heterocycles. The van der Waals surface area contributed by atoms with Crippen molar-refractivity contribution in [2.75, 3.05) is 4.90 Å². The van der Waals surface area contributed by atoms with Crippen molar-refractivity contribution < 1.29 is 18.0 Å². The molecular weight excluding hydrogens is 321 g/mol. The molecule has 1 amide bonds. The van der Waals surface area contributed by atoms with Crippen molar-refractivity contribution in [3.05, 3.63) is 42.2 Å². The number of anilines is 1. The highest BCUT2D eigenvalue weighted by molar-refractivity contribution is 5.94. The number of alkyl halides is 3. The van der Waals surface area contributed by atoms with E-state index in [2.05, 4.69) is 10.3 Å². The minimum absolute atomic E-state index is 0.0622. The number of benzene rings is 1. The first-order valence-corrected chi connectivity index (χ1v) is 7.69. The first-order valence-electron chi connectivity index (χ1n) is 7.69. The molecule has 1 heterocycles. The second kappa shape index (κ2) is 6.26. The standard InChI is InChI=1S/C16H17F3N4O/c1-11(12-5-6-12)23(15(24)10-22-8-7-20-21-22)14-4-2-3-13(9-14)16(17,18)19/h2-4,7-9,11-12H,5-6,10H2,1H3/t11-/m0/s1. The third-order valence-electron chi connectivity index (χ3n) is 4.20. The quantitative estimate of drug-likeness (QED) is 0.842. The monoisotopic (exact) mass is 338 g/mol. The maximum absolute atomic E-state index is 13.0. The van der Waals surface area contributed by atoms with Crippen molar-refractivity contribution in [1.29, 1.82) is 0 Å². The first-order chi connectivity index (χ1) is 11.4. The number of carbonyl (C=O) groups excluding carboxylic acids is 1. The number of hydrogen-bond acceptors (Lipinski definition) is 3. The van der Waals surface area contributed by atoms with Gasteiger partial charge in [0.1, 0.15) is 6.54 Å². The van der Waals surface area contributed by atoms with Crippen LogP contribution in [0.5, 0.6) is 0 Å². The summed E-state index contributed by atoms with van der Waals surface area (Å²) in [6.07, 6.45) is 0.510. The zero-order valence-electron chi connectivity index (χ0n) is 13.1. The van der Waals surface area contributed by atoms with Crippen LogP contribution in [0.2, 0.25) is 0 Å². The SMILES string of the molecule is C[C@@H](C1CC1)N(C(=O)Cn1ccnn1)c1cccc(C(F)(F)F)c1. The minimum atomic E-state index is -4.44. The van der Waals surface area contributed by atoms with E-state index in [0.717, 1.165) is 25.0 Å². The second-order valence-electron chi connectivity index (χ2n) is 5.99. The third-order valence-corrected chi connectivity index (χ3v) is 4.20. The van der Waals surface area contributed by atoms with E-state index in [9.17, 15) is 18.0 Å². The van der Waals surface area contributed by atoms with Gasteiger partial charge in [0, 0.05) is 17.9 Å². The van der Waals surface area contributed by atoms with Gasteiger partial charge in [-0.3, -0.25) is 4.79 Å². The molecule has 1 aromatic carbocycles. The van der Waals surface area contributed by atoms with E-state index < -0.39 is 11.7 Å². The smallest absolute Gasteiger partial charge is 0.308 e. The number of halogens is 3. The Morgan fingerprint density at radius 1 is 1.42 bits per heavy atom. The van der Waals surface area contributed by atoms with E-state index in [4.69, 9.17) is 0 Å². The molecular formula is C16H17F3N4O. The van der Waals surface area contributed by atoms with E-state index in [0.29, 0.717) is 5.92 Å². The predicted molar refractivity (Wildman–Crippen MR) is 81.1 cm³/mol. The molecule has 1 saturated carbocycles. The molecule has 2 aromatic rings. The lowest BCUT2D eigenvalue weighted by Crippen LogP contribution is -2.42. The summed E-state index contributed by atoms with van der Waals surface area (Å²) in [5, 5.41) is 7.39. The summed E-state index contributed by atoms with van der Waals surface area (Å²) in [5.74, 6) is 0.0125. The molecule has 0 N–H and O–H groups in total. The fourth-order valence-corrected chi connectivity index (χ4v) is 2.76. The maximum Gasteiger partial charge on any atom is 0.416 e. The highest BCUT2D eigenvalue weighted by Crippen LogP contribution is 2.38. The molecule has 128 valence electrons. The molecule has 0 saturated heterocycles. The third kappa shape index (κ3) is 3.58. The molecule has 1 aliphatic rings. The van der Waals surface area contributed by atoms with Crippen molar-refractivity contribution in [1.82, 2.24) is 15.0 Å². The van der Waals surface area contributed by atoms with Gasteiger partial charge in [0.2, 0.25) is 5.91 Å². The lowest BCUT2D eigenvalue weighted by Gasteiger charge is -2.30. The van der Waals surface area contributed by atoms with Gasteiger partial charge in [-0.2, -0.15) is 13.2 Å². The van der Waals surface area contributed by atoms with Crippen LogP contribution in [0.4, 0.5) is 18.9 Å². The van der Waals surface area contributed by atoms with Gasteiger partial charge >= 0.3 is 6.18 Å². The molecule has 3 rings (SSSR count). The Hall–Kier alpha value is -2.38. The summed E-state index contributed by atoms with van der Waals surface area (Å²) in [6.45, 7) is 1.81. The van der Waals surface area contributed by atoms with Gasteiger partial charge in [-0.25, -0.2) is 4.68 Å². The van der Waals surface area contributed by atoms with Crippen LogP contribution in [-0.4, -0.2) is 26.9 Å². The Labute approximate surface area is 137 Å². The number of nitrogens with zero attached hydrogens (tertiary/aromatic N) is 4. The zero-order valence-corrected chi connectivity index (χ0v) is 13.1. The van der Waals surface area contributed by atoms with Crippen LogP contribution in [0.1, 0.15) is 25.3 Å². The fraction of sp³-hybridized carbons (Fsp3) is 0.438. The molecule has 1 fully saturated rings. The second-order valence-corrected chi connectivity index (χ2v) is 5.99. The van der Waals surface area contributed by atoms with E-state index in [1.165, 1.54) is 27.9 Å². The van der Waals surface area contributed by atoms with Crippen LogP contribution < -0.4 is 4.90 Å². The molecule has 1 atom stereocenters. The molecule has 0 bridgehead atoms. The van der Waals surface area contributed by atoms with Gasteiger partial charge in [-0.15, -0.1) is 5.10 Å². The van der Waals surface area contributed by atoms with Gasteiger partial charge in [-0.1, -0.05) is 11.3 Å². The van der Waals surface area contributed by atoms with Gasteiger partial charge < -0.3 is 4.90 Å². The van der Waals surface area contributed by atoms with Crippen molar-refractivity contribution in [2.45, 2.75) is 38.5 Å². The summed E-state index contributed by atoms with van der Waals surface area (Å²) in [5.41, 5.74) is -0.504. The topological polar surface area (TPSA) is 51.0 Å². The van der Waals surface area contributed by atoms with Crippen molar-refractivity contribution in [3.8, 4) is 0 Å². The predicted octanol–water partition coefficient (Wildman–Crippen LogP) is 3.13. The Balaban J connectivity index is 1.91. The average Bonchev–Trinajstić information content (AvgIpc) is 3.26. The molecule has 24 heavy (non-hydrogen) atoms. The van der Waals surface area contributed by atoms with Crippen LogP contribution in [0, 0.1) is 5.92 Å². The summed E-state index contributed by atoms with van der Waals surface area (Å²) in [4.78, 5) is 14.2. The van der Waals surface area contributed by atoms with Crippen molar-refractivity contribution in [2.24, 2.45) is 5.92 Å². The molecule has 0 spiro atoms. The van der Waals surface area contributed by atoms with Crippen LogP contribution >= 0.6 is 0 Å². The van der Waals surface area contributed by atoms with Gasteiger partial charge in [0.15, 0.2) is 0 Å². The van der Waals surface area contributed by atoms with Gasteiger partial charge in [0.25, 0.3) is 0 Å². The van der Waals surface area contributed by atoms with Crippen LogP contribution in [0.15, 0.2) is 36.7 Å². The number of amides is 1. The Kier molecular flexibility index (Phi) is 4.29. The van der Waals surface area contributed by atoms with E-state index >= 15 is 0 Å². The van der Waals surface area contributed by atoms with Crippen LogP contribution in [-0.2, 0) is 17.5 Å². The molecule has 8 heteroatoms. The average molecular weight is 338 g/mol. The highest BCUT2D eigenvalue weighted by atomic mass is 19.4. The van der Waals surface area contributed by atoms with Gasteiger partial charge in [-0.05, 0) is 43.9 Å².